The third kappa shape index (κ3) is 6.03. The summed E-state index contributed by atoms with van der Waals surface area (Å²) in [5, 5.41) is 5.12. The van der Waals surface area contributed by atoms with Crippen LogP contribution >= 0.6 is 0 Å². The van der Waals surface area contributed by atoms with E-state index in [1.807, 2.05) is 0 Å². The number of nitrogens with zero attached hydrogens (tertiary/aromatic N) is 2. The van der Waals surface area contributed by atoms with Crippen molar-refractivity contribution >= 4 is 49.6 Å². The van der Waals surface area contributed by atoms with E-state index in [2.05, 4.69) is 223 Å². The molecule has 57 heavy (non-hydrogen) atoms. The molecule has 0 spiro atoms. The maximum absolute atomic E-state index is 2.49. The van der Waals surface area contributed by atoms with Gasteiger partial charge in [0.1, 0.15) is 0 Å². The van der Waals surface area contributed by atoms with Gasteiger partial charge in [-0.1, -0.05) is 152 Å². The number of fused-ring (bicyclic) bond motifs is 8. The van der Waals surface area contributed by atoms with Crippen LogP contribution in [0.4, 0.5) is 17.1 Å². The summed E-state index contributed by atoms with van der Waals surface area (Å²) in [5.74, 6) is 0. The lowest BCUT2D eigenvalue weighted by Gasteiger charge is -2.30. The van der Waals surface area contributed by atoms with Gasteiger partial charge >= 0.3 is 0 Å². The molecule has 0 bridgehead atoms. The first-order valence-electron chi connectivity index (χ1n) is 20.2. The minimum absolute atomic E-state index is 0.108. The second kappa shape index (κ2) is 14.0. The molecule has 0 N–H and O–H groups in total. The van der Waals surface area contributed by atoms with Gasteiger partial charge in [-0.2, -0.15) is 0 Å². The molecule has 0 aliphatic heterocycles. The van der Waals surface area contributed by atoms with Gasteiger partial charge < -0.3 is 9.47 Å². The van der Waals surface area contributed by atoms with Crippen LogP contribution < -0.4 is 4.90 Å². The molecule has 0 saturated carbocycles. The molecule has 1 aliphatic carbocycles. The molecule has 0 unspecified atom stereocenters. The van der Waals surface area contributed by atoms with E-state index < -0.39 is 0 Å². The highest BCUT2D eigenvalue weighted by Crippen LogP contribution is 2.55. The smallest absolute Gasteiger partial charge is 0.0562 e. The predicted octanol–water partition coefficient (Wildman–Crippen LogP) is 15.2. The number of hydrogen-bond donors (Lipinski definition) is 0. The molecule has 0 fully saturated rings. The van der Waals surface area contributed by atoms with Crippen LogP contribution in [0.15, 0.2) is 158 Å². The van der Waals surface area contributed by atoms with Crippen LogP contribution in [0.3, 0.4) is 0 Å². The number of anilines is 3. The van der Waals surface area contributed by atoms with Crippen molar-refractivity contribution < 1.29 is 0 Å². The van der Waals surface area contributed by atoms with Gasteiger partial charge in [0.15, 0.2) is 0 Å². The minimum atomic E-state index is -0.108. The molecule has 0 amide bonds. The lowest BCUT2D eigenvalue weighted by molar-refractivity contribution is 0.660. The number of aryl methyl sites for hydroxylation is 6. The SMILES string of the molecule is Cc1ccc(C)c(-c2cc(C)ccc2C)c1.Cc1ccc2c(c1)C(C)(C)c1cc(N(c3ccccc3)c3cccc4c3c3ccccc3n4C)c3ccccc3c1-2. The van der Waals surface area contributed by atoms with Crippen molar-refractivity contribution in [2.24, 2.45) is 7.05 Å². The zero-order valence-electron chi connectivity index (χ0n) is 34.4. The molecule has 2 nitrogen and oxygen atoms in total. The average Bonchev–Trinajstić information content (AvgIpc) is 3.64. The Kier molecular flexibility index (Phi) is 8.89. The molecule has 1 heterocycles. The lowest BCUT2D eigenvalue weighted by Crippen LogP contribution is -2.17. The van der Waals surface area contributed by atoms with Crippen LogP contribution in [0.1, 0.15) is 52.8 Å². The maximum atomic E-state index is 2.49. The number of rotatable bonds is 4. The van der Waals surface area contributed by atoms with Crippen molar-refractivity contribution in [3.63, 3.8) is 0 Å². The zero-order valence-corrected chi connectivity index (χ0v) is 34.4. The Bertz CT molecular complexity index is 2950. The van der Waals surface area contributed by atoms with Crippen LogP contribution in [-0.2, 0) is 12.5 Å². The summed E-state index contributed by atoms with van der Waals surface area (Å²) in [6, 6.07) is 58.0. The van der Waals surface area contributed by atoms with Gasteiger partial charge in [0.2, 0.25) is 0 Å². The summed E-state index contributed by atoms with van der Waals surface area (Å²) >= 11 is 0. The van der Waals surface area contributed by atoms with Gasteiger partial charge in [0.05, 0.1) is 16.9 Å². The molecule has 2 heteroatoms. The molecule has 280 valence electrons. The zero-order chi connectivity index (χ0) is 39.6. The monoisotopic (exact) mass is 738 g/mol. The van der Waals surface area contributed by atoms with Gasteiger partial charge in [-0.3, -0.25) is 0 Å². The molecule has 0 radical (unpaired) electrons. The van der Waals surface area contributed by atoms with Crippen LogP contribution in [0.2, 0.25) is 0 Å². The Morgan fingerprint density at radius 2 is 1.00 bits per heavy atom. The maximum Gasteiger partial charge on any atom is 0.0562 e. The van der Waals surface area contributed by atoms with E-state index in [1.165, 1.54) is 105 Å². The van der Waals surface area contributed by atoms with E-state index in [1.54, 1.807) is 0 Å². The molecule has 8 aromatic carbocycles. The molecular formula is C55H50N2. The van der Waals surface area contributed by atoms with Crippen LogP contribution in [-0.4, -0.2) is 4.57 Å². The molecule has 0 saturated heterocycles. The van der Waals surface area contributed by atoms with Crippen molar-refractivity contribution in [1.82, 2.24) is 4.57 Å². The third-order valence-electron chi connectivity index (χ3n) is 12.3. The second-order valence-corrected chi connectivity index (χ2v) is 16.6. The molecule has 1 aliphatic rings. The van der Waals surface area contributed by atoms with E-state index >= 15 is 0 Å². The Hall–Kier alpha value is -6.38. The van der Waals surface area contributed by atoms with Crippen molar-refractivity contribution in [2.45, 2.75) is 53.9 Å². The van der Waals surface area contributed by atoms with Crippen molar-refractivity contribution in [2.75, 3.05) is 4.90 Å². The summed E-state index contributed by atoms with van der Waals surface area (Å²) in [5.41, 5.74) is 20.8. The van der Waals surface area contributed by atoms with Crippen LogP contribution in [0.25, 0.3) is 54.8 Å². The summed E-state index contributed by atoms with van der Waals surface area (Å²) in [7, 11) is 2.17. The Labute approximate surface area is 337 Å². The first-order chi connectivity index (χ1) is 27.5. The fourth-order valence-corrected chi connectivity index (χ4v) is 9.28. The van der Waals surface area contributed by atoms with Crippen LogP contribution in [0.5, 0.6) is 0 Å². The number of aromatic nitrogens is 1. The normalized spacial score (nSPS) is 12.7. The molecular weight excluding hydrogens is 689 g/mol. The predicted molar refractivity (Wildman–Crippen MR) is 246 cm³/mol. The highest BCUT2D eigenvalue weighted by molar-refractivity contribution is 6.17. The van der Waals surface area contributed by atoms with Gasteiger partial charge in [-0.15, -0.1) is 0 Å². The minimum Gasteiger partial charge on any atom is -0.344 e. The van der Waals surface area contributed by atoms with E-state index in [0.29, 0.717) is 0 Å². The van der Waals surface area contributed by atoms with Crippen LogP contribution in [0, 0.1) is 34.6 Å². The molecule has 10 rings (SSSR count). The van der Waals surface area contributed by atoms with Gasteiger partial charge in [0.25, 0.3) is 0 Å². The fourth-order valence-electron chi connectivity index (χ4n) is 9.28. The summed E-state index contributed by atoms with van der Waals surface area (Å²) in [6.45, 7) is 15.6. The van der Waals surface area contributed by atoms with Gasteiger partial charge in [-0.25, -0.2) is 0 Å². The van der Waals surface area contributed by atoms with Crippen molar-refractivity contribution in [3.8, 4) is 22.3 Å². The van der Waals surface area contributed by atoms with E-state index in [-0.39, 0.29) is 5.41 Å². The number of benzene rings is 8. The average molecular weight is 739 g/mol. The lowest BCUT2D eigenvalue weighted by atomic mass is 9.81. The van der Waals surface area contributed by atoms with E-state index in [0.717, 1.165) is 5.69 Å². The fraction of sp³-hybridized carbons (Fsp3) is 0.164. The highest BCUT2D eigenvalue weighted by atomic mass is 15.1. The number of para-hydroxylation sites is 2. The summed E-state index contributed by atoms with van der Waals surface area (Å²) < 4.78 is 2.32. The van der Waals surface area contributed by atoms with Crippen molar-refractivity contribution in [1.29, 1.82) is 0 Å². The first-order valence-corrected chi connectivity index (χ1v) is 20.2. The standard InChI is InChI=1S/C39H32N2.C16H18/c1-25-21-22-29-31(23-25)39(2,3)32-24-36(27-15-8-9-16-28(27)37(29)32)41(26-13-6-5-7-14-26)35-20-12-19-34-38(35)30-17-10-11-18-33(30)40(34)4;1-11-5-7-13(3)15(9-11)16-10-12(2)6-8-14(16)4/h5-24H,1-4H3;5-10H,1-4H3. The Morgan fingerprint density at radius 1 is 0.439 bits per heavy atom. The largest absolute Gasteiger partial charge is 0.344 e. The molecule has 9 aromatic rings. The quantitative estimate of drug-likeness (QED) is 0.175. The highest BCUT2D eigenvalue weighted by Gasteiger charge is 2.38. The van der Waals surface area contributed by atoms with Crippen molar-refractivity contribution in [3.05, 3.63) is 197 Å². The first kappa shape index (κ1) is 36.3. The Balaban J connectivity index is 0.000000222. The topological polar surface area (TPSA) is 8.17 Å². The second-order valence-electron chi connectivity index (χ2n) is 16.6. The summed E-state index contributed by atoms with van der Waals surface area (Å²) in [4.78, 5) is 2.49. The van der Waals surface area contributed by atoms with Gasteiger partial charge in [0, 0.05) is 39.8 Å². The molecule has 1 aromatic heterocycles. The third-order valence-corrected chi connectivity index (χ3v) is 12.3. The summed E-state index contributed by atoms with van der Waals surface area (Å²) in [6.07, 6.45) is 0. The van der Waals surface area contributed by atoms with Gasteiger partial charge in [-0.05, 0) is 121 Å². The number of hydrogen-bond acceptors (Lipinski definition) is 1. The van der Waals surface area contributed by atoms with E-state index in [9.17, 15) is 0 Å². The van der Waals surface area contributed by atoms with E-state index in [4.69, 9.17) is 0 Å². The Morgan fingerprint density at radius 3 is 1.68 bits per heavy atom. The molecule has 0 atom stereocenters.